The van der Waals surface area contributed by atoms with Gasteiger partial charge in [0.2, 0.25) is 0 Å². The predicted molar refractivity (Wildman–Crippen MR) is 58.2 cm³/mol. The lowest BCUT2D eigenvalue weighted by Gasteiger charge is -2.06. The fraction of sp³-hybridized carbons (Fsp3) is 0.333. The molecule has 2 aromatic rings. The number of benzene rings is 1. The van der Waals surface area contributed by atoms with E-state index in [1.807, 2.05) is 6.07 Å². The van der Waals surface area contributed by atoms with E-state index in [1.54, 1.807) is 12.1 Å². The molecule has 0 saturated carbocycles. The Morgan fingerprint density at radius 3 is 3.00 bits per heavy atom. The molecule has 0 amide bonds. The van der Waals surface area contributed by atoms with Crippen molar-refractivity contribution < 1.29 is 4.39 Å². The van der Waals surface area contributed by atoms with Crippen LogP contribution in [0.2, 0.25) is 0 Å². The number of aromatic nitrogens is 1. The number of nitrogens with one attached hydrogen (secondary N) is 2. The van der Waals surface area contributed by atoms with Crippen LogP contribution in [0.4, 0.5) is 4.39 Å². The highest BCUT2D eigenvalue weighted by Gasteiger charge is 2.17. The maximum Gasteiger partial charge on any atom is 0.123 e. The summed E-state index contributed by atoms with van der Waals surface area (Å²) in [4.78, 5) is 3.34. The Morgan fingerprint density at radius 2 is 2.20 bits per heavy atom. The molecule has 3 rings (SSSR count). The summed E-state index contributed by atoms with van der Waals surface area (Å²) in [5, 5.41) is 4.38. The lowest BCUT2D eigenvalue weighted by atomic mass is 10.1. The molecule has 1 fully saturated rings. The normalized spacial score (nSPS) is 21.3. The Hall–Kier alpha value is -1.35. The molecule has 15 heavy (non-hydrogen) atoms. The van der Waals surface area contributed by atoms with Crippen molar-refractivity contribution >= 4 is 10.9 Å². The van der Waals surface area contributed by atoms with Gasteiger partial charge in [-0.3, -0.25) is 0 Å². The third kappa shape index (κ3) is 1.53. The number of hydrogen-bond acceptors (Lipinski definition) is 1. The van der Waals surface area contributed by atoms with Crippen LogP contribution in [0.1, 0.15) is 24.6 Å². The van der Waals surface area contributed by atoms with Gasteiger partial charge >= 0.3 is 0 Å². The van der Waals surface area contributed by atoms with Gasteiger partial charge in [0.25, 0.3) is 0 Å². The lowest BCUT2D eigenvalue weighted by Crippen LogP contribution is -2.12. The maximum absolute atomic E-state index is 13.0. The van der Waals surface area contributed by atoms with Gasteiger partial charge in [0, 0.05) is 22.6 Å². The molecule has 0 bridgehead atoms. The fourth-order valence-electron chi connectivity index (χ4n) is 2.26. The van der Waals surface area contributed by atoms with Crippen molar-refractivity contribution in [2.45, 2.75) is 18.9 Å². The van der Waals surface area contributed by atoms with E-state index in [-0.39, 0.29) is 5.82 Å². The van der Waals surface area contributed by atoms with E-state index >= 15 is 0 Å². The number of rotatable bonds is 1. The van der Waals surface area contributed by atoms with Crippen LogP contribution >= 0.6 is 0 Å². The first-order chi connectivity index (χ1) is 7.33. The van der Waals surface area contributed by atoms with Gasteiger partial charge in [-0.15, -0.1) is 0 Å². The summed E-state index contributed by atoms with van der Waals surface area (Å²) in [6.45, 7) is 1.08. The molecule has 1 aromatic heterocycles. The zero-order valence-corrected chi connectivity index (χ0v) is 8.39. The number of fused-ring (bicyclic) bond motifs is 1. The first-order valence-corrected chi connectivity index (χ1v) is 5.34. The van der Waals surface area contributed by atoms with E-state index in [4.69, 9.17) is 0 Å². The number of halogens is 1. The molecule has 78 valence electrons. The zero-order chi connectivity index (χ0) is 10.3. The Bertz CT molecular complexity index is 483. The van der Waals surface area contributed by atoms with Crippen LogP contribution in [0.3, 0.4) is 0 Å². The predicted octanol–water partition coefficient (Wildman–Crippen LogP) is 2.73. The second kappa shape index (κ2) is 3.35. The molecule has 1 atom stereocenters. The average molecular weight is 204 g/mol. The molecule has 0 radical (unpaired) electrons. The van der Waals surface area contributed by atoms with Crippen molar-refractivity contribution in [3.63, 3.8) is 0 Å². The summed E-state index contributed by atoms with van der Waals surface area (Å²) < 4.78 is 13.0. The molecule has 1 aliphatic rings. The van der Waals surface area contributed by atoms with Crippen molar-refractivity contribution in [3.8, 4) is 0 Å². The third-order valence-electron chi connectivity index (χ3n) is 3.04. The molecule has 2 heterocycles. The lowest BCUT2D eigenvalue weighted by molar-refractivity contribution is 0.630. The van der Waals surface area contributed by atoms with Crippen molar-refractivity contribution in [2.24, 2.45) is 0 Å². The van der Waals surface area contributed by atoms with Crippen molar-refractivity contribution in [2.75, 3.05) is 6.54 Å². The number of hydrogen-bond donors (Lipinski definition) is 2. The van der Waals surface area contributed by atoms with Gasteiger partial charge in [0.05, 0.1) is 0 Å². The maximum atomic E-state index is 13.0. The molecule has 0 spiro atoms. The Labute approximate surface area is 87.5 Å². The zero-order valence-electron chi connectivity index (χ0n) is 8.39. The van der Waals surface area contributed by atoms with Crippen LogP contribution < -0.4 is 5.32 Å². The minimum atomic E-state index is -0.174. The quantitative estimate of drug-likeness (QED) is 0.734. The van der Waals surface area contributed by atoms with E-state index in [0.29, 0.717) is 6.04 Å². The summed E-state index contributed by atoms with van der Waals surface area (Å²) >= 11 is 0. The van der Waals surface area contributed by atoms with Gasteiger partial charge in [0.1, 0.15) is 5.82 Å². The fourth-order valence-corrected chi connectivity index (χ4v) is 2.26. The van der Waals surface area contributed by atoms with Crippen LogP contribution in [0.15, 0.2) is 24.3 Å². The van der Waals surface area contributed by atoms with Crippen LogP contribution in [0.5, 0.6) is 0 Å². The number of aromatic amines is 1. The SMILES string of the molecule is Fc1ccc2[nH]c(C3CCCN3)cc2c1. The van der Waals surface area contributed by atoms with Gasteiger partial charge < -0.3 is 10.3 Å². The highest BCUT2D eigenvalue weighted by molar-refractivity contribution is 5.80. The molecule has 1 unspecified atom stereocenters. The van der Waals surface area contributed by atoms with Crippen LogP contribution in [-0.4, -0.2) is 11.5 Å². The highest BCUT2D eigenvalue weighted by Crippen LogP contribution is 2.26. The van der Waals surface area contributed by atoms with Crippen LogP contribution in [-0.2, 0) is 0 Å². The van der Waals surface area contributed by atoms with Crippen LogP contribution in [0.25, 0.3) is 10.9 Å². The van der Waals surface area contributed by atoms with Crippen molar-refractivity contribution in [3.05, 3.63) is 35.8 Å². The van der Waals surface area contributed by atoms with E-state index in [0.717, 1.165) is 23.9 Å². The van der Waals surface area contributed by atoms with Crippen molar-refractivity contribution in [1.29, 1.82) is 0 Å². The monoisotopic (exact) mass is 204 g/mol. The molecule has 1 saturated heterocycles. The largest absolute Gasteiger partial charge is 0.357 e. The first-order valence-electron chi connectivity index (χ1n) is 5.34. The minimum absolute atomic E-state index is 0.174. The standard InChI is InChI=1S/C12H13FN2/c13-9-3-4-10-8(6-9)7-12(15-10)11-2-1-5-14-11/h3-4,6-7,11,14-15H,1-2,5H2. The second-order valence-corrected chi connectivity index (χ2v) is 4.11. The Balaban J connectivity index is 2.05. The van der Waals surface area contributed by atoms with Gasteiger partial charge in [-0.05, 0) is 43.7 Å². The van der Waals surface area contributed by atoms with Gasteiger partial charge in [-0.1, -0.05) is 0 Å². The van der Waals surface area contributed by atoms with E-state index in [9.17, 15) is 4.39 Å². The molecule has 2 nitrogen and oxygen atoms in total. The molecular formula is C12H13FN2. The summed E-state index contributed by atoms with van der Waals surface area (Å²) in [7, 11) is 0. The molecule has 2 N–H and O–H groups in total. The van der Waals surface area contributed by atoms with E-state index in [2.05, 4.69) is 10.3 Å². The van der Waals surface area contributed by atoms with E-state index in [1.165, 1.54) is 18.2 Å². The summed E-state index contributed by atoms with van der Waals surface area (Å²) in [6, 6.07) is 7.32. The summed E-state index contributed by atoms with van der Waals surface area (Å²) in [5.74, 6) is -0.174. The average Bonchev–Trinajstić information content (AvgIpc) is 2.84. The molecule has 1 aliphatic heterocycles. The molecule has 0 aliphatic carbocycles. The van der Waals surface area contributed by atoms with Gasteiger partial charge in [0.15, 0.2) is 0 Å². The molecular weight excluding hydrogens is 191 g/mol. The third-order valence-corrected chi connectivity index (χ3v) is 3.04. The second-order valence-electron chi connectivity index (χ2n) is 4.11. The smallest absolute Gasteiger partial charge is 0.123 e. The summed E-state index contributed by atoms with van der Waals surface area (Å²) in [6.07, 6.45) is 2.38. The van der Waals surface area contributed by atoms with Gasteiger partial charge in [-0.25, -0.2) is 4.39 Å². The molecule has 3 heteroatoms. The Kier molecular flexibility index (Phi) is 1.99. The van der Waals surface area contributed by atoms with Crippen molar-refractivity contribution in [1.82, 2.24) is 10.3 Å². The topological polar surface area (TPSA) is 27.8 Å². The molecule has 1 aromatic carbocycles. The van der Waals surface area contributed by atoms with Gasteiger partial charge in [-0.2, -0.15) is 0 Å². The highest BCUT2D eigenvalue weighted by atomic mass is 19.1. The summed E-state index contributed by atoms with van der Waals surface area (Å²) in [5.41, 5.74) is 2.19. The van der Waals surface area contributed by atoms with Crippen LogP contribution in [0, 0.1) is 5.82 Å². The minimum Gasteiger partial charge on any atom is -0.357 e. The number of H-pyrrole nitrogens is 1. The Morgan fingerprint density at radius 1 is 1.27 bits per heavy atom. The van der Waals surface area contributed by atoms with E-state index < -0.39 is 0 Å². The first kappa shape index (κ1) is 8.92.